The van der Waals surface area contributed by atoms with Gasteiger partial charge < -0.3 is 30.2 Å². The highest BCUT2D eigenvalue weighted by Crippen LogP contribution is 2.33. The van der Waals surface area contributed by atoms with Gasteiger partial charge in [0, 0.05) is 50.7 Å². The van der Waals surface area contributed by atoms with Gasteiger partial charge in [-0.05, 0) is 32.0 Å². The number of nitrogens with one attached hydrogen (secondary N) is 3. The number of hydrogen-bond donors (Lipinski definition) is 3. The SMILES string of the molecule is CNC(=O)COc1cc2c(F)c(Nc3cc(N4CCNCC4)ncc3Cl)ccc2n(C(C)C)c1=O. The van der Waals surface area contributed by atoms with E-state index in [1.165, 1.54) is 17.7 Å². The second-order valence-electron chi connectivity index (χ2n) is 8.48. The molecule has 1 amide bonds. The van der Waals surface area contributed by atoms with Gasteiger partial charge in [0.2, 0.25) is 0 Å². The smallest absolute Gasteiger partial charge is 0.293 e. The molecule has 1 saturated heterocycles. The molecule has 3 heterocycles. The average Bonchev–Trinajstić information content (AvgIpc) is 2.86. The van der Waals surface area contributed by atoms with Crippen molar-refractivity contribution in [1.82, 2.24) is 20.2 Å². The lowest BCUT2D eigenvalue weighted by molar-refractivity contribution is -0.122. The molecule has 1 aliphatic rings. The first kappa shape index (κ1) is 24.7. The van der Waals surface area contributed by atoms with Crippen LogP contribution in [0, 0.1) is 5.82 Å². The zero-order chi connectivity index (χ0) is 25.1. The van der Waals surface area contributed by atoms with Gasteiger partial charge in [-0.1, -0.05) is 11.6 Å². The molecule has 1 fully saturated rings. The number of fused-ring (bicyclic) bond motifs is 1. The number of likely N-dealkylation sites (N-methyl/N-ethyl adjacent to an activating group) is 1. The molecule has 3 N–H and O–H groups in total. The number of nitrogens with zero attached hydrogens (tertiary/aromatic N) is 3. The van der Waals surface area contributed by atoms with Crippen LogP contribution in [0.1, 0.15) is 19.9 Å². The number of anilines is 3. The molecule has 3 aromatic rings. The molecular formula is C24H28ClFN6O3. The van der Waals surface area contributed by atoms with E-state index in [1.807, 2.05) is 13.8 Å². The van der Waals surface area contributed by atoms with E-state index < -0.39 is 17.3 Å². The number of pyridine rings is 2. The van der Waals surface area contributed by atoms with Crippen LogP contribution in [-0.2, 0) is 4.79 Å². The first-order valence-corrected chi connectivity index (χ1v) is 11.8. The first-order valence-electron chi connectivity index (χ1n) is 11.4. The lowest BCUT2D eigenvalue weighted by atomic mass is 10.1. The van der Waals surface area contributed by atoms with Gasteiger partial charge in [-0.3, -0.25) is 9.59 Å². The minimum absolute atomic E-state index is 0.103. The third-order valence-corrected chi connectivity index (χ3v) is 6.13. The summed E-state index contributed by atoms with van der Waals surface area (Å²) in [7, 11) is 1.47. The van der Waals surface area contributed by atoms with Crippen LogP contribution in [0.5, 0.6) is 5.75 Å². The van der Waals surface area contributed by atoms with E-state index in [4.69, 9.17) is 16.3 Å². The second kappa shape index (κ2) is 10.5. The van der Waals surface area contributed by atoms with E-state index in [-0.39, 0.29) is 29.5 Å². The zero-order valence-electron chi connectivity index (χ0n) is 19.8. The van der Waals surface area contributed by atoms with Gasteiger partial charge in [0.25, 0.3) is 11.5 Å². The normalized spacial score (nSPS) is 13.8. The Labute approximate surface area is 207 Å². The van der Waals surface area contributed by atoms with Crippen molar-refractivity contribution in [2.75, 3.05) is 50.1 Å². The first-order chi connectivity index (χ1) is 16.8. The molecule has 9 nitrogen and oxygen atoms in total. The predicted molar refractivity (Wildman–Crippen MR) is 136 cm³/mol. The molecule has 0 aliphatic carbocycles. The van der Waals surface area contributed by atoms with Crippen LogP contribution in [0.4, 0.5) is 21.6 Å². The number of rotatable bonds is 7. The number of ether oxygens (including phenoxy) is 1. The molecule has 2 aromatic heterocycles. The number of aromatic nitrogens is 2. The van der Waals surface area contributed by atoms with E-state index in [0.717, 1.165) is 32.0 Å². The number of hydrogen-bond acceptors (Lipinski definition) is 7. The van der Waals surface area contributed by atoms with Gasteiger partial charge >= 0.3 is 0 Å². The Balaban J connectivity index is 1.74. The quantitative estimate of drug-likeness (QED) is 0.456. The van der Waals surface area contributed by atoms with Crippen LogP contribution in [0.2, 0.25) is 5.02 Å². The minimum atomic E-state index is -0.571. The third-order valence-electron chi connectivity index (χ3n) is 5.83. The van der Waals surface area contributed by atoms with Gasteiger partial charge in [-0.15, -0.1) is 0 Å². The molecule has 0 atom stereocenters. The van der Waals surface area contributed by atoms with Gasteiger partial charge in [-0.25, -0.2) is 9.37 Å². The number of benzene rings is 1. The number of carbonyl (C=O) groups is 1. The summed E-state index contributed by atoms with van der Waals surface area (Å²) < 4.78 is 22.7. The fourth-order valence-corrected chi connectivity index (χ4v) is 4.17. The summed E-state index contributed by atoms with van der Waals surface area (Å²) in [5, 5.41) is 9.33. The highest BCUT2D eigenvalue weighted by Gasteiger charge is 2.19. The lowest BCUT2D eigenvalue weighted by Gasteiger charge is -2.28. The predicted octanol–water partition coefficient (Wildman–Crippen LogP) is 3.05. The minimum Gasteiger partial charge on any atom is -0.478 e. The van der Waals surface area contributed by atoms with Gasteiger partial charge in [0.1, 0.15) is 5.82 Å². The van der Waals surface area contributed by atoms with Crippen molar-refractivity contribution in [2.24, 2.45) is 0 Å². The highest BCUT2D eigenvalue weighted by molar-refractivity contribution is 6.33. The number of carbonyl (C=O) groups excluding carboxylic acids is 1. The van der Waals surface area contributed by atoms with E-state index in [1.54, 1.807) is 24.4 Å². The molecule has 35 heavy (non-hydrogen) atoms. The molecule has 0 radical (unpaired) electrons. The van der Waals surface area contributed by atoms with Gasteiger partial charge in [0.15, 0.2) is 18.2 Å². The Morgan fingerprint density at radius 3 is 2.69 bits per heavy atom. The molecule has 0 saturated carbocycles. The summed E-state index contributed by atoms with van der Waals surface area (Å²) in [5.41, 5.74) is 0.682. The summed E-state index contributed by atoms with van der Waals surface area (Å²) >= 11 is 6.37. The summed E-state index contributed by atoms with van der Waals surface area (Å²) in [5.74, 6) is -0.325. The molecular weight excluding hydrogens is 475 g/mol. The maximum absolute atomic E-state index is 15.8. The third kappa shape index (κ3) is 5.18. The molecule has 0 spiro atoms. The molecule has 0 unspecified atom stereocenters. The lowest BCUT2D eigenvalue weighted by Crippen LogP contribution is -2.43. The van der Waals surface area contributed by atoms with Crippen molar-refractivity contribution in [1.29, 1.82) is 0 Å². The summed E-state index contributed by atoms with van der Waals surface area (Å²) in [6.07, 6.45) is 1.54. The number of halogens is 2. The Hall–Kier alpha value is -3.37. The maximum Gasteiger partial charge on any atom is 0.293 e. The van der Waals surface area contributed by atoms with Gasteiger partial charge in [0.05, 0.1) is 28.1 Å². The zero-order valence-corrected chi connectivity index (χ0v) is 20.6. The topological polar surface area (TPSA) is 101 Å². The number of piperazine rings is 1. The Bertz CT molecular complexity index is 1310. The largest absolute Gasteiger partial charge is 0.478 e. The van der Waals surface area contributed by atoms with Crippen LogP contribution in [-0.4, -0.2) is 55.3 Å². The molecule has 11 heteroatoms. The standard InChI is InChI=1S/C24H28ClFN6O3/c1-14(2)32-19-5-4-17(23(26)15(19)10-20(24(32)34)35-13-22(33)27-3)30-18-11-21(29-12-16(18)25)31-8-6-28-7-9-31/h4-5,10-12,14,28H,6-9,13H2,1-3H3,(H,27,33)(H,29,30). The summed E-state index contributed by atoms with van der Waals surface area (Å²) in [6.45, 7) is 6.62. The molecule has 4 rings (SSSR count). The Morgan fingerprint density at radius 1 is 1.26 bits per heavy atom. The van der Waals surface area contributed by atoms with E-state index in [2.05, 4.69) is 25.8 Å². The fraction of sp³-hybridized carbons (Fsp3) is 0.375. The Kier molecular flexibility index (Phi) is 7.42. The molecule has 1 aliphatic heterocycles. The van der Waals surface area contributed by atoms with E-state index in [9.17, 15) is 9.59 Å². The van der Waals surface area contributed by atoms with Gasteiger partial charge in [-0.2, -0.15) is 0 Å². The molecule has 1 aromatic carbocycles. The fourth-order valence-electron chi connectivity index (χ4n) is 4.01. The van der Waals surface area contributed by atoms with Crippen molar-refractivity contribution in [3.8, 4) is 5.75 Å². The average molecular weight is 503 g/mol. The molecule has 186 valence electrons. The van der Waals surface area contributed by atoms with Crippen LogP contribution < -0.4 is 31.1 Å². The van der Waals surface area contributed by atoms with Crippen molar-refractivity contribution < 1.29 is 13.9 Å². The van der Waals surface area contributed by atoms with Crippen LogP contribution >= 0.6 is 11.6 Å². The summed E-state index contributed by atoms with van der Waals surface area (Å²) in [4.78, 5) is 31.1. The molecule has 0 bridgehead atoms. The second-order valence-corrected chi connectivity index (χ2v) is 8.89. The van der Waals surface area contributed by atoms with Crippen LogP contribution in [0.3, 0.4) is 0 Å². The van der Waals surface area contributed by atoms with Crippen LogP contribution in [0.15, 0.2) is 35.3 Å². The highest BCUT2D eigenvalue weighted by atomic mass is 35.5. The van der Waals surface area contributed by atoms with Crippen molar-refractivity contribution in [2.45, 2.75) is 19.9 Å². The Morgan fingerprint density at radius 2 is 2.00 bits per heavy atom. The van der Waals surface area contributed by atoms with Crippen LogP contribution in [0.25, 0.3) is 10.9 Å². The van der Waals surface area contributed by atoms with Crippen molar-refractivity contribution in [3.63, 3.8) is 0 Å². The number of amides is 1. The monoisotopic (exact) mass is 502 g/mol. The maximum atomic E-state index is 15.8. The van der Waals surface area contributed by atoms with E-state index >= 15 is 4.39 Å². The van der Waals surface area contributed by atoms with Crippen molar-refractivity contribution in [3.05, 3.63) is 51.7 Å². The van der Waals surface area contributed by atoms with Crippen molar-refractivity contribution >= 4 is 45.6 Å². The summed E-state index contributed by atoms with van der Waals surface area (Å²) in [6, 6.07) is 6.12. The van der Waals surface area contributed by atoms with E-state index in [0.29, 0.717) is 16.2 Å².